The van der Waals surface area contributed by atoms with Crippen molar-refractivity contribution in [2.45, 2.75) is 13.8 Å². The van der Waals surface area contributed by atoms with Gasteiger partial charge in [0.25, 0.3) is 0 Å². The van der Waals surface area contributed by atoms with Gasteiger partial charge in [-0.1, -0.05) is 0 Å². The third-order valence-corrected chi connectivity index (χ3v) is 3.92. The first-order chi connectivity index (χ1) is 10.2. The van der Waals surface area contributed by atoms with Crippen molar-refractivity contribution in [2.75, 3.05) is 20.2 Å². The van der Waals surface area contributed by atoms with Crippen LogP contribution in [0.2, 0.25) is 0 Å². The summed E-state index contributed by atoms with van der Waals surface area (Å²) in [5.74, 6) is 1.28. The SMILES string of the molecule is CCN(CC)C(=O)Oc1ccc(OC)cc1-c1ccsc1. The molecule has 0 radical (unpaired) electrons. The molecule has 0 spiro atoms. The van der Waals surface area contributed by atoms with E-state index in [9.17, 15) is 4.79 Å². The fourth-order valence-electron chi connectivity index (χ4n) is 2.01. The Balaban J connectivity index is 2.33. The van der Waals surface area contributed by atoms with Crippen LogP contribution in [0.15, 0.2) is 35.0 Å². The minimum absolute atomic E-state index is 0.332. The number of carbonyl (C=O) groups is 1. The minimum atomic E-state index is -0.332. The van der Waals surface area contributed by atoms with Gasteiger partial charge in [-0.25, -0.2) is 4.79 Å². The third-order valence-electron chi connectivity index (χ3n) is 3.24. The van der Waals surface area contributed by atoms with E-state index >= 15 is 0 Å². The lowest BCUT2D eigenvalue weighted by Crippen LogP contribution is -2.33. The molecule has 2 aromatic rings. The van der Waals surface area contributed by atoms with Crippen LogP contribution in [0.5, 0.6) is 11.5 Å². The summed E-state index contributed by atoms with van der Waals surface area (Å²) in [6, 6.07) is 7.44. The predicted molar refractivity (Wildman–Crippen MR) is 85.3 cm³/mol. The number of benzene rings is 1. The first kappa shape index (κ1) is 15.4. The van der Waals surface area contributed by atoms with Gasteiger partial charge < -0.3 is 14.4 Å². The average Bonchev–Trinajstić information content (AvgIpc) is 3.03. The Bertz CT molecular complexity index is 592. The van der Waals surface area contributed by atoms with E-state index in [0.717, 1.165) is 16.9 Å². The summed E-state index contributed by atoms with van der Waals surface area (Å²) in [5.41, 5.74) is 1.87. The molecule has 112 valence electrons. The fourth-order valence-corrected chi connectivity index (χ4v) is 2.66. The minimum Gasteiger partial charge on any atom is -0.497 e. The van der Waals surface area contributed by atoms with E-state index in [1.54, 1.807) is 35.5 Å². The Hall–Kier alpha value is -2.01. The summed E-state index contributed by atoms with van der Waals surface area (Å²) in [4.78, 5) is 13.8. The second kappa shape index (κ2) is 7.13. The zero-order valence-electron chi connectivity index (χ0n) is 12.5. The molecule has 1 aromatic heterocycles. The zero-order valence-corrected chi connectivity index (χ0v) is 13.3. The number of carbonyl (C=O) groups excluding carboxylic acids is 1. The van der Waals surface area contributed by atoms with Crippen molar-refractivity contribution in [3.8, 4) is 22.6 Å². The highest BCUT2D eigenvalue weighted by molar-refractivity contribution is 7.08. The summed E-state index contributed by atoms with van der Waals surface area (Å²) >= 11 is 1.60. The second-order valence-corrected chi connectivity index (χ2v) is 5.19. The van der Waals surface area contributed by atoms with Gasteiger partial charge in [0.05, 0.1) is 7.11 Å². The van der Waals surface area contributed by atoms with Crippen LogP contribution in [0.25, 0.3) is 11.1 Å². The van der Waals surface area contributed by atoms with Crippen molar-refractivity contribution >= 4 is 17.4 Å². The van der Waals surface area contributed by atoms with Gasteiger partial charge in [0, 0.05) is 18.7 Å². The smallest absolute Gasteiger partial charge is 0.415 e. The lowest BCUT2D eigenvalue weighted by molar-refractivity contribution is 0.157. The Morgan fingerprint density at radius 2 is 2.00 bits per heavy atom. The predicted octanol–water partition coefficient (Wildman–Crippen LogP) is 4.26. The van der Waals surface area contributed by atoms with E-state index in [4.69, 9.17) is 9.47 Å². The van der Waals surface area contributed by atoms with Crippen molar-refractivity contribution in [3.63, 3.8) is 0 Å². The summed E-state index contributed by atoms with van der Waals surface area (Å²) in [5, 5.41) is 4.01. The molecule has 0 bridgehead atoms. The molecule has 5 heteroatoms. The monoisotopic (exact) mass is 305 g/mol. The number of thiophene rings is 1. The van der Waals surface area contributed by atoms with Gasteiger partial charge in [-0.05, 0) is 54.4 Å². The molecule has 1 aromatic carbocycles. The molecular weight excluding hydrogens is 286 g/mol. The van der Waals surface area contributed by atoms with Crippen molar-refractivity contribution in [3.05, 3.63) is 35.0 Å². The number of ether oxygens (including phenoxy) is 2. The third kappa shape index (κ3) is 3.55. The molecule has 1 heterocycles. The first-order valence-electron chi connectivity index (χ1n) is 6.87. The lowest BCUT2D eigenvalue weighted by Gasteiger charge is -2.19. The molecule has 0 fully saturated rings. The van der Waals surface area contributed by atoms with Gasteiger partial charge in [0.2, 0.25) is 0 Å². The van der Waals surface area contributed by atoms with Gasteiger partial charge in [0.1, 0.15) is 11.5 Å². The van der Waals surface area contributed by atoms with Crippen LogP contribution < -0.4 is 9.47 Å². The molecule has 0 aliphatic heterocycles. The molecule has 0 unspecified atom stereocenters. The van der Waals surface area contributed by atoms with E-state index in [-0.39, 0.29) is 6.09 Å². The van der Waals surface area contributed by atoms with Crippen molar-refractivity contribution in [2.24, 2.45) is 0 Å². The second-order valence-electron chi connectivity index (χ2n) is 4.41. The fraction of sp³-hybridized carbons (Fsp3) is 0.312. The topological polar surface area (TPSA) is 38.8 Å². The van der Waals surface area contributed by atoms with Crippen LogP contribution in [-0.2, 0) is 0 Å². The summed E-state index contributed by atoms with van der Waals surface area (Å²) in [6.07, 6.45) is -0.332. The van der Waals surface area contributed by atoms with Gasteiger partial charge >= 0.3 is 6.09 Å². The zero-order chi connectivity index (χ0) is 15.2. The summed E-state index contributed by atoms with van der Waals surface area (Å²) in [7, 11) is 1.62. The van der Waals surface area contributed by atoms with Crippen molar-refractivity contribution < 1.29 is 14.3 Å². The molecular formula is C16H19NO3S. The van der Waals surface area contributed by atoms with E-state index in [2.05, 4.69) is 0 Å². The van der Waals surface area contributed by atoms with Gasteiger partial charge in [-0.15, -0.1) is 0 Å². The van der Waals surface area contributed by atoms with E-state index in [1.807, 2.05) is 36.7 Å². The molecule has 0 saturated carbocycles. The molecule has 4 nitrogen and oxygen atoms in total. The highest BCUT2D eigenvalue weighted by Gasteiger charge is 2.16. The first-order valence-corrected chi connectivity index (χ1v) is 7.81. The highest BCUT2D eigenvalue weighted by Crippen LogP contribution is 2.35. The van der Waals surface area contributed by atoms with Crippen LogP contribution in [0.1, 0.15) is 13.8 Å². The number of methoxy groups -OCH3 is 1. The average molecular weight is 305 g/mol. The molecule has 0 saturated heterocycles. The molecule has 0 aliphatic carbocycles. The van der Waals surface area contributed by atoms with Crippen molar-refractivity contribution in [1.29, 1.82) is 0 Å². The molecule has 0 aliphatic rings. The maximum atomic E-state index is 12.1. The summed E-state index contributed by atoms with van der Waals surface area (Å²) in [6.45, 7) is 5.11. The molecule has 0 N–H and O–H groups in total. The van der Waals surface area contributed by atoms with Gasteiger partial charge in [-0.3, -0.25) is 0 Å². The number of nitrogens with zero attached hydrogens (tertiary/aromatic N) is 1. The Morgan fingerprint density at radius 3 is 2.57 bits per heavy atom. The Labute approximate surface area is 128 Å². The quantitative estimate of drug-likeness (QED) is 0.828. The van der Waals surface area contributed by atoms with Gasteiger partial charge in [-0.2, -0.15) is 11.3 Å². The number of hydrogen-bond donors (Lipinski definition) is 0. The Kier molecular flexibility index (Phi) is 5.22. The van der Waals surface area contributed by atoms with Gasteiger partial charge in [0.15, 0.2) is 0 Å². The summed E-state index contributed by atoms with van der Waals surface area (Å²) < 4.78 is 10.8. The van der Waals surface area contributed by atoms with E-state index in [1.165, 1.54) is 0 Å². The van der Waals surface area contributed by atoms with Crippen LogP contribution in [0.4, 0.5) is 4.79 Å². The standard InChI is InChI=1S/C16H19NO3S/c1-4-17(5-2)16(18)20-15-7-6-13(19-3)10-14(15)12-8-9-21-11-12/h6-11H,4-5H2,1-3H3. The molecule has 21 heavy (non-hydrogen) atoms. The Morgan fingerprint density at radius 1 is 1.24 bits per heavy atom. The lowest BCUT2D eigenvalue weighted by atomic mass is 10.1. The maximum absolute atomic E-state index is 12.1. The van der Waals surface area contributed by atoms with Crippen molar-refractivity contribution in [1.82, 2.24) is 4.90 Å². The normalized spacial score (nSPS) is 10.2. The number of hydrogen-bond acceptors (Lipinski definition) is 4. The maximum Gasteiger partial charge on any atom is 0.415 e. The number of rotatable bonds is 5. The largest absolute Gasteiger partial charge is 0.497 e. The molecule has 2 rings (SSSR count). The molecule has 0 atom stereocenters. The van der Waals surface area contributed by atoms with E-state index in [0.29, 0.717) is 18.8 Å². The highest BCUT2D eigenvalue weighted by atomic mass is 32.1. The number of amides is 1. The van der Waals surface area contributed by atoms with Crippen LogP contribution in [0, 0.1) is 0 Å². The van der Waals surface area contributed by atoms with Crippen LogP contribution in [-0.4, -0.2) is 31.2 Å². The van der Waals surface area contributed by atoms with E-state index < -0.39 is 0 Å². The van der Waals surface area contributed by atoms with Crippen LogP contribution in [0.3, 0.4) is 0 Å². The molecule has 1 amide bonds. The van der Waals surface area contributed by atoms with Crippen LogP contribution >= 0.6 is 11.3 Å².